The Morgan fingerprint density at radius 3 is 2.95 bits per heavy atom. The maximum atomic E-state index is 12.2. The van der Waals surface area contributed by atoms with Gasteiger partial charge in [-0.1, -0.05) is 0 Å². The summed E-state index contributed by atoms with van der Waals surface area (Å²) < 4.78 is 4.69. The highest BCUT2D eigenvalue weighted by Gasteiger charge is 2.25. The average Bonchev–Trinajstić information content (AvgIpc) is 2.51. The number of amides is 2. The van der Waals surface area contributed by atoms with Gasteiger partial charge in [0.25, 0.3) is 5.69 Å². The normalized spacial score (nSPS) is 13.2. The summed E-state index contributed by atoms with van der Waals surface area (Å²) in [5.74, 6) is 0.350. The van der Waals surface area contributed by atoms with Crippen LogP contribution in [0.4, 0.5) is 16.2 Å². The van der Waals surface area contributed by atoms with Crippen LogP contribution in [0.5, 0.6) is 0 Å². The van der Waals surface area contributed by atoms with Crippen molar-refractivity contribution >= 4 is 35.1 Å². The number of carbonyl (C=O) groups is 2. The van der Waals surface area contributed by atoms with E-state index in [9.17, 15) is 19.7 Å². The molecule has 0 spiro atoms. The van der Waals surface area contributed by atoms with E-state index in [0.717, 1.165) is 0 Å². The minimum Gasteiger partial charge on any atom is -0.450 e. The molecule has 118 valence electrons. The van der Waals surface area contributed by atoms with E-state index >= 15 is 0 Å². The first kappa shape index (κ1) is 16.1. The predicted molar refractivity (Wildman–Crippen MR) is 81.2 cm³/mol. The summed E-state index contributed by atoms with van der Waals surface area (Å²) in [6.07, 6.45) is -0.647. The number of nitro benzene ring substituents is 1. The molecular weight excluding hydrogens is 310 g/mol. The van der Waals surface area contributed by atoms with Gasteiger partial charge in [-0.15, -0.1) is 11.8 Å². The third-order valence-electron chi connectivity index (χ3n) is 2.98. The van der Waals surface area contributed by atoms with Crippen LogP contribution in [0.25, 0.3) is 0 Å². The van der Waals surface area contributed by atoms with Crippen LogP contribution in [0, 0.1) is 10.1 Å². The summed E-state index contributed by atoms with van der Waals surface area (Å²) in [4.78, 5) is 35.9. The van der Waals surface area contributed by atoms with Crippen LogP contribution in [-0.2, 0) is 9.53 Å². The van der Waals surface area contributed by atoms with Crippen LogP contribution in [0.2, 0.25) is 0 Å². The molecule has 1 N–H and O–H groups in total. The molecule has 0 atom stereocenters. The van der Waals surface area contributed by atoms with Crippen molar-refractivity contribution in [3.05, 3.63) is 28.3 Å². The van der Waals surface area contributed by atoms with Crippen molar-refractivity contribution in [3.63, 3.8) is 0 Å². The quantitative estimate of drug-likeness (QED) is 0.669. The van der Waals surface area contributed by atoms with Crippen LogP contribution in [-0.4, -0.2) is 42.4 Å². The van der Waals surface area contributed by atoms with Crippen LogP contribution >= 0.6 is 11.8 Å². The van der Waals surface area contributed by atoms with Gasteiger partial charge < -0.3 is 15.0 Å². The Bertz CT molecular complexity index is 607. The number of hydrogen-bond acceptors (Lipinski definition) is 6. The molecule has 22 heavy (non-hydrogen) atoms. The molecule has 8 nitrogen and oxygen atoms in total. The summed E-state index contributed by atoms with van der Waals surface area (Å²) in [5, 5.41) is 13.2. The van der Waals surface area contributed by atoms with Gasteiger partial charge in [-0.05, 0) is 13.0 Å². The van der Waals surface area contributed by atoms with E-state index < -0.39 is 11.0 Å². The van der Waals surface area contributed by atoms with Gasteiger partial charge in [-0.3, -0.25) is 14.9 Å². The van der Waals surface area contributed by atoms with Crippen LogP contribution in [0.15, 0.2) is 23.1 Å². The highest BCUT2D eigenvalue weighted by Crippen LogP contribution is 2.37. The van der Waals surface area contributed by atoms with Crippen molar-refractivity contribution in [1.82, 2.24) is 5.32 Å². The van der Waals surface area contributed by atoms with Gasteiger partial charge in [-0.25, -0.2) is 4.79 Å². The Kier molecular flexibility index (Phi) is 5.21. The zero-order valence-electron chi connectivity index (χ0n) is 11.9. The molecule has 0 saturated heterocycles. The van der Waals surface area contributed by atoms with E-state index in [1.807, 2.05) is 0 Å². The van der Waals surface area contributed by atoms with Gasteiger partial charge in [0.05, 0.1) is 17.2 Å². The van der Waals surface area contributed by atoms with Gasteiger partial charge in [0.2, 0.25) is 5.91 Å². The number of anilines is 1. The fourth-order valence-electron chi connectivity index (χ4n) is 2.01. The molecule has 0 bridgehead atoms. The summed E-state index contributed by atoms with van der Waals surface area (Å²) >= 11 is 1.46. The SMILES string of the molecule is CCOC(=O)NCC(=O)N1CCSc2cc([N+](=O)[O-])ccc21. The Morgan fingerprint density at radius 2 is 2.27 bits per heavy atom. The van der Waals surface area contributed by atoms with E-state index in [-0.39, 0.29) is 24.7 Å². The van der Waals surface area contributed by atoms with Gasteiger partial charge in [0.15, 0.2) is 0 Å². The fourth-order valence-corrected chi connectivity index (χ4v) is 3.03. The van der Waals surface area contributed by atoms with Gasteiger partial charge in [0.1, 0.15) is 6.54 Å². The molecular formula is C13H15N3O5S. The third kappa shape index (κ3) is 3.67. The number of rotatable bonds is 4. The maximum absolute atomic E-state index is 12.2. The molecule has 1 aromatic carbocycles. The number of nitro groups is 1. The number of hydrogen-bond donors (Lipinski definition) is 1. The first-order valence-corrected chi connectivity index (χ1v) is 7.63. The number of ether oxygens (including phenoxy) is 1. The molecule has 1 aliphatic rings. The van der Waals surface area contributed by atoms with Crippen molar-refractivity contribution in [1.29, 1.82) is 0 Å². The van der Waals surface area contributed by atoms with Crippen molar-refractivity contribution in [3.8, 4) is 0 Å². The lowest BCUT2D eigenvalue weighted by Crippen LogP contribution is -2.42. The first-order chi connectivity index (χ1) is 10.5. The Labute approximate surface area is 131 Å². The summed E-state index contributed by atoms with van der Waals surface area (Å²) in [6.45, 7) is 2.21. The molecule has 0 unspecified atom stereocenters. The summed E-state index contributed by atoms with van der Waals surface area (Å²) in [6, 6.07) is 4.38. The number of alkyl carbamates (subject to hydrolysis) is 1. The monoisotopic (exact) mass is 325 g/mol. The average molecular weight is 325 g/mol. The van der Waals surface area contributed by atoms with E-state index in [1.54, 1.807) is 13.0 Å². The number of benzene rings is 1. The molecule has 2 amide bonds. The maximum Gasteiger partial charge on any atom is 0.407 e. The second-order valence-corrected chi connectivity index (χ2v) is 5.51. The Morgan fingerprint density at radius 1 is 1.50 bits per heavy atom. The van der Waals surface area contributed by atoms with Crippen molar-refractivity contribution in [2.45, 2.75) is 11.8 Å². The summed E-state index contributed by atoms with van der Waals surface area (Å²) in [5.41, 5.74) is 0.614. The topological polar surface area (TPSA) is 102 Å². The van der Waals surface area contributed by atoms with Crippen LogP contribution < -0.4 is 10.2 Å². The largest absolute Gasteiger partial charge is 0.450 e. The lowest BCUT2D eigenvalue weighted by Gasteiger charge is -2.28. The number of carbonyl (C=O) groups excluding carboxylic acids is 2. The number of thioether (sulfide) groups is 1. The van der Waals surface area contributed by atoms with E-state index in [2.05, 4.69) is 5.32 Å². The highest BCUT2D eigenvalue weighted by molar-refractivity contribution is 7.99. The number of fused-ring (bicyclic) bond motifs is 1. The molecule has 9 heteroatoms. The summed E-state index contributed by atoms with van der Waals surface area (Å²) in [7, 11) is 0. The van der Waals surface area contributed by atoms with E-state index in [4.69, 9.17) is 4.74 Å². The minimum absolute atomic E-state index is 0.00908. The van der Waals surface area contributed by atoms with Gasteiger partial charge >= 0.3 is 6.09 Å². The zero-order valence-corrected chi connectivity index (χ0v) is 12.7. The molecule has 1 aromatic rings. The lowest BCUT2D eigenvalue weighted by molar-refractivity contribution is -0.385. The standard InChI is InChI=1S/C13H15N3O5S/c1-2-21-13(18)14-8-12(17)15-5-6-22-11-7-9(16(19)20)3-4-10(11)15/h3-4,7H,2,5-6,8H2,1H3,(H,14,18). The fraction of sp³-hybridized carbons (Fsp3) is 0.385. The first-order valence-electron chi connectivity index (χ1n) is 6.65. The zero-order chi connectivity index (χ0) is 16.1. The Hall–Kier alpha value is -2.29. The van der Waals surface area contributed by atoms with Crippen molar-refractivity contribution < 1.29 is 19.2 Å². The van der Waals surface area contributed by atoms with E-state index in [1.165, 1.54) is 28.8 Å². The van der Waals surface area contributed by atoms with Crippen molar-refractivity contribution in [2.75, 3.05) is 30.3 Å². The lowest BCUT2D eigenvalue weighted by atomic mass is 10.2. The molecule has 0 radical (unpaired) electrons. The van der Waals surface area contributed by atoms with E-state index in [0.29, 0.717) is 22.9 Å². The molecule has 0 fully saturated rings. The second kappa shape index (κ2) is 7.12. The number of nitrogens with one attached hydrogen (secondary N) is 1. The van der Waals surface area contributed by atoms with Crippen molar-refractivity contribution in [2.24, 2.45) is 0 Å². The molecule has 0 aliphatic carbocycles. The molecule has 2 rings (SSSR count). The minimum atomic E-state index is -0.647. The number of nitrogens with zero attached hydrogens (tertiary/aromatic N) is 2. The van der Waals surface area contributed by atoms with Gasteiger partial charge in [-0.2, -0.15) is 0 Å². The molecule has 1 heterocycles. The van der Waals surface area contributed by atoms with Crippen LogP contribution in [0.1, 0.15) is 6.92 Å². The van der Waals surface area contributed by atoms with Gasteiger partial charge in [0, 0.05) is 29.3 Å². The third-order valence-corrected chi connectivity index (χ3v) is 4.00. The second-order valence-electron chi connectivity index (χ2n) is 4.38. The predicted octanol–water partition coefficient (Wildman–Crippen LogP) is 1.78. The number of non-ortho nitro benzene ring substituents is 1. The Balaban J connectivity index is 2.09. The smallest absolute Gasteiger partial charge is 0.407 e. The van der Waals surface area contributed by atoms with Crippen LogP contribution in [0.3, 0.4) is 0 Å². The molecule has 1 aliphatic heterocycles. The molecule has 0 aromatic heterocycles. The molecule has 0 saturated carbocycles. The highest BCUT2D eigenvalue weighted by atomic mass is 32.2.